The molecule has 3 heterocycles. The Hall–Kier alpha value is -6.18. The monoisotopic (exact) mass is 760 g/mol. The van der Waals surface area contributed by atoms with Crippen molar-refractivity contribution < 1.29 is 28.7 Å². The van der Waals surface area contributed by atoms with E-state index in [0.717, 1.165) is 58.7 Å². The maximum Gasteiger partial charge on any atom is 0.425 e. The van der Waals surface area contributed by atoms with Crippen LogP contribution in [0.4, 0.5) is 9.59 Å². The predicted octanol–water partition coefficient (Wildman–Crippen LogP) is 6.51. The highest BCUT2D eigenvalue weighted by atomic mass is 16.5. The number of hydrazine groups is 1. The van der Waals surface area contributed by atoms with E-state index in [1.54, 1.807) is 18.0 Å². The molecule has 4 N–H and O–H groups in total. The molecule has 3 aliphatic rings. The molecule has 56 heavy (non-hydrogen) atoms. The number of aromatic amines is 2. The van der Waals surface area contributed by atoms with Gasteiger partial charge in [0, 0.05) is 18.5 Å². The molecule has 1 aliphatic heterocycles. The Kier molecular flexibility index (Phi) is 10.8. The number of benzene rings is 2. The van der Waals surface area contributed by atoms with E-state index in [2.05, 4.69) is 80.8 Å². The standard InChI is InChI=1S/C42H48N8O6/c1-23(2)36(47-41(53)55-5)40(52)49-19-7-8-33(49)37-43-21-31(45-37)27-13-9-25(10-14-27)26-11-15-28(16-12-26)32-22-44-38(46-32)34-29-17-18-30(20-29)35(34)39(51)50(24(3)4)48-42(54)56-6/h9-18,21-22,24,29-30,33-36H,1,7-8,19-20H2,2-6H3,(H,43,45)(H,44,46)(H,47,53)(H,48,54)/t29?,30?,33-,34?,35?,36-/m0/s1. The van der Waals surface area contributed by atoms with E-state index in [-0.39, 0.29) is 47.6 Å². The van der Waals surface area contributed by atoms with Crippen molar-refractivity contribution in [3.63, 3.8) is 0 Å². The Balaban J connectivity index is 1.02. The largest absolute Gasteiger partial charge is 0.453 e. The topological polar surface area (TPSA) is 175 Å². The number of aromatic nitrogens is 4. The molecule has 6 atom stereocenters. The summed E-state index contributed by atoms with van der Waals surface area (Å²) in [6.07, 6.45) is 8.97. The first-order chi connectivity index (χ1) is 27.0. The Morgan fingerprint density at radius 2 is 1.39 bits per heavy atom. The van der Waals surface area contributed by atoms with E-state index in [0.29, 0.717) is 17.9 Å². The van der Waals surface area contributed by atoms with Gasteiger partial charge < -0.3 is 29.7 Å². The van der Waals surface area contributed by atoms with Gasteiger partial charge in [-0.2, -0.15) is 0 Å². The number of carbonyl (C=O) groups excluding carboxylic acids is 4. The van der Waals surface area contributed by atoms with Crippen LogP contribution in [-0.4, -0.2) is 86.7 Å². The molecule has 292 valence electrons. The van der Waals surface area contributed by atoms with Crippen molar-refractivity contribution in [1.29, 1.82) is 0 Å². The number of hydrogen-bond acceptors (Lipinski definition) is 8. The van der Waals surface area contributed by atoms with Crippen LogP contribution in [-0.2, 0) is 19.1 Å². The number of allylic oxidation sites excluding steroid dienone is 2. The first-order valence-corrected chi connectivity index (χ1v) is 18.9. The van der Waals surface area contributed by atoms with E-state index in [4.69, 9.17) is 14.5 Å². The number of rotatable bonds is 10. The van der Waals surface area contributed by atoms with Crippen molar-refractivity contribution in [2.24, 2.45) is 17.8 Å². The van der Waals surface area contributed by atoms with Crippen LogP contribution in [0.25, 0.3) is 33.6 Å². The van der Waals surface area contributed by atoms with Crippen molar-refractivity contribution in [3.8, 4) is 33.6 Å². The fourth-order valence-corrected chi connectivity index (χ4v) is 8.32. The van der Waals surface area contributed by atoms with E-state index in [9.17, 15) is 19.2 Å². The molecule has 4 unspecified atom stereocenters. The van der Waals surface area contributed by atoms with Crippen LogP contribution < -0.4 is 10.7 Å². The summed E-state index contributed by atoms with van der Waals surface area (Å²) < 4.78 is 9.49. The molecule has 14 nitrogen and oxygen atoms in total. The molecule has 4 amide bonds. The predicted molar refractivity (Wildman–Crippen MR) is 209 cm³/mol. The van der Waals surface area contributed by atoms with Crippen molar-refractivity contribution >= 4 is 24.0 Å². The summed E-state index contributed by atoms with van der Waals surface area (Å²) in [7, 11) is 2.54. The van der Waals surface area contributed by atoms with Crippen molar-refractivity contribution in [3.05, 3.63) is 96.9 Å². The number of hydrogen-bond donors (Lipinski definition) is 4. The minimum atomic E-state index is -0.883. The maximum absolute atomic E-state index is 13.9. The highest BCUT2D eigenvalue weighted by Gasteiger charge is 2.51. The molecule has 2 aromatic heterocycles. The number of methoxy groups -OCH3 is 2. The number of nitrogens with one attached hydrogen (secondary N) is 4. The molecule has 2 fully saturated rings. The molecule has 14 heteroatoms. The summed E-state index contributed by atoms with van der Waals surface area (Å²) >= 11 is 0. The van der Waals surface area contributed by atoms with Gasteiger partial charge in [-0.15, -0.1) is 0 Å². The number of alkyl carbamates (subject to hydrolysis) is 1. The minimum absolute atomic E-state index is 0.0686. The Bertz CT molecular complexity index is 2140. The Morgan fingerprint density at radius 1 is 0.839 bits per heavy atom. The van der Waals surface area contributed by atoms with Gasteiger partial charge in [0.05, 0.1) is 50.0 Å². The molecule has 7 rings (SSSR count). The van der Waals surface area contributed by atoms with Crippen LogP contribution >= 0.6 is 0 Å². The molecular formula is C42H48N8O6. The summed E-state index contributed by atoms with van der Waals surface area (Å²) in [6, 6.07) is 15.1. The number of ether oxygens (including phenoxy) is 2. The molecule has 1 saturated heterocycles. The lowest BCUT2D eigenvalue weighted by Gasteiger charge is -2.33. The lowest BCUT2D eigenvalue weighted by atomic mass is 9.81. The van der Waals surface area contributed by atoms with Gasteiger partial charge in [-0.3, -0.25) is 9.59 Å². The lowest BCUT2D eigenvalue weighted by Crippen LogP contribution is -2.53. The summed E-state index contributed by atoms with van der Waals surface area (Å²) in [5.74, 6) is 0.810. The van der Waals surface area contributed by atoms with Gasteiger partial charge in [-0.1, -0.05) is 67.3 Å². The van der Waals surface area contributed by atoms with Gasteiger partial charge in [-0.05, 0) is 79.7 Å². The van der Waals surface area contributed by atoms with Crippen molar-refractivity contribution in [2.75, 3.05) is 20.8 Å². The SMILES string of the molecule is C=C(C)[C@H](NC(=O)OC)C(=O)N1CCC[C@H]1c1ncc(-c2ccc(-c3ccc(-c4cnc(C5C6C=CC(C6)C5C(=O)N(NC(=O)OC)C(C)C)[nH]4)cc3)cc2)[nH]1. The summed E-state index contributed by atoms with van der Waals surface area (Å²) in [5.41, 5.74) is 8.86. The van der Waals surface area contributed by atoms with Gasteiger partial charge >= 0.3 is 12.2 Å². The number of H-pyrrole nitrogens is 2. The molecule has 0 radical (unpaired) electrons. The zero-order valence-electron chi connectivity index (χ0n) is 32.2. The number of amides is 4. The third-order valence-electron chi connectivity index (χ3n) is 11.2. The molecule has 2 bridgehead atoms. The normalized spacial score (nSPS) is 21.5. The highest BCUT2D eigenvalue weighted by molar-refractivity contribution is 5.89. The number of likely N-dealkylation sites (tertiary alicyclic amines) is 1. The second-order valence-corrected chi connectivity index (χ2v) is 15.0. The van der Waals surface area contributed by atoms with Crippen LogP contribution in [0.15, 0.2) is 85.2 Å². The number of fused-ring (bicyclic) bond motifs is 2. The van der Waals surface area contributed by atoms with E-state index in [1.165, 1.54) is 19.2 Å². The fraction of sp³-hybridized carbons (Fsp3) is 0.381. The fourth-order valence-electron chi connectivity index (χ4n) is 8.32. The average Bonchev–Trinajstić information content (AvgIpc) is 4.06. The third-order valence-corrected chi connectivity index (χ3v) is 11.2. The quantitative estimate of drug-likeness (QED) is 0.105. The molecule has 4 aromatic rings. The second-order valence-electron chi connectivity index (χ2n) is 15.0. The highest BCUT2D eigenvalue weighted by Crippen LogP contribution is 2.53. The second kappa shape index (κ2) is 15.9. The van der Waals surface area contributed by atoms with Crippen LogP contribution in [0.1, 0.15) is 63.6 Å². The van der Waals surface area contributed by atoms with Crippen molar-refractivity contribution in [1.82, 2.24) is 40.6 Å². The Morgan fingerprint density at radius 3 is 1.96 bits per heavy atom. The zero-order chi connectivity index (χ0) is 39.7. The van der Waals surface area contributed by atoms with Crippen LogP contribution in [0.2, 0.25) is 0 Å². The third kappa shape index (κ3) is 7.42. The van der Waals surface area contributed by atoms with Gasteiger partial charge in [0.1, 0.15) is 17.7 Å². The van der Waals surface area contributed by atoms with Crippen molar-refractivity contribution in [2.45, 2.75) is 64.1 Å². The van der Waals surface area contributed by atoms with Crippen LogP contribution in [0, 0.1) is 17.8 Å². The number of carbonyl (C=O) groups is 4. The van der Waals surface area contributed by atoms with Crippen LogP contribution in [0.3, 0.4) is 0 Å². The molecule has 2 aromatic carbocycles. The van der Waals surface area contributed by atoms with Crippen LogP contribution in [0.5, 0.6) is 0 Å². The summed E-state index contributed by atoms with van der Waals surface area (Å²) in [5, 5.41) is 3.97. The van der Waals surface area contributed by atoms with Gasteiger partial charge in [-0.25, -0.2) is 30.0 Å². The molecular weight excluding hydrogens is 713 g/mol. The number of nitrogens with zero attached hydrogens (tertiary/aromatic N) is 4. The lowest BCUT2D eigenvalue weighted by molar-refractivity contribution is -0.142. The summed E-state index contributed by atoms with van der Waals surface area (Å²) in [6.45, 7) is 9.87. The molecule has 1 saturated carbocycles. The van der Waals surface area contributed by atoms with Gasteiger partial charge in [0.15, 0.2) is 0 Å². The molecule has 2 aliphatic carbocycles. The van der Waals surface area contributed by atoms with Gasteiger partial charge in [0.25, 0.3) is 0 Å². The first-order valence-electron chi connectivity index (χ1n) is 18.9. The van der Waals surface area contributed by atoms with E-state index < -0.39 is 18.2 Å². The smallest absolute Gasteiger partial charge is 0.425 e. The number of imidazole rings is 2. The van der Waals surface area contributed by atoms with E-state index in [1.807, 2.05) is 32.2 Å². The minimum Gasteiger partial charge on any atom is -0.453 e. The van der Waals surface area contributed by atoms with Gasteiger partial charge in [0.2, 0.25) is 11.8 Å². The zero-order valence-corrected chi connectivity index (χ0v) is 32.2. The maximum atomic E-state index is 13.9. The summed E-state index contributed by atoms with van der Waals surface area (Å²) in [4.78, 5) is 69.4. The Labute approximate surface area is 325 Å². The first kappa shape index (κ1) is 38.1. The van der Waals surface area contributed by atoms with E-state index >= 15 is 0 Å². The average molecular weight is 761 g/mol. The molecule has 0 spiro atoms.